The molecule has 1 heterocycles. The van der Waals surface area contributed by atoms with Gasteiger partial charge in [0.05, 0.1) is 13.2 Å². The zero-order chi connectivity index (χ0) is 12.1. The number of ether oxygens (including phenoxy) is 1. The monoisotopic (exact) mass is 233 g/mol. The summed E-state index contributed by atoms with van der Waals surface area (Å²) in [4.78, 5) is 2.46. The average molecular weight is 233 g/mol. The van der Waals surface area contributed by atoms with Crippen molar-refractivity contribution in [2.75, 3.05) is 26.3 Å². The largest absolute Gasteiger partial charge is 0.379 e. The Hall–Kier alpha value is -0.860. The Morgan fingerprint density at radius 1 is 1.18 bits per heavy atom. The van der Waals surface area contributed by atoms with Crippen LogP contribution in [0.3, 0.4) is 0 Å². The van der Waals surface area contributed by atoms with E-state index in [1.54, 1.807) is 0 Å². The van der Waals surface area contributed by atoms with Crippen molar-refractivity contribution in [2.24, 2.45) is 0 Å². The standard InChI is InChI=1S/C15H23NO/c1-3-13(2)15-6-4-14(5-7-15)12-16-8-10-17-11-9-16/h4-7,13H,3,8-12H2,1-2H3. The van der Waals surface area contributed by atoms with Crippen molar-refractivity contribution < 1.29 is 4.74 Å². The van der Waals surface area contributed by atoms with Crippen LogP contribution in [0.1, 0.15) is 37.3 Å². The van der Waals surface area contributed by atoms with E-state index in [0.717, 1.165) is 32.8 Å². The summed E-state index contributed by atoms with van der Waals surface area (Å²) in [6.45, 7) is 9.48. The molecule has 17 heavy (non-hydrogen) atoms. The van der Waals surface area contributed by atoms with Gasteiger partial charge in [0.25, 0.3) is 0 Å². The summed E-state index contributed by atoms with van der Waals surface area (Å²) in [5.41, 5.74) is 2.87. The van der Waals surface area contributed by atoms with E-state index in [4.69, 9.17) is 4.74 Å². The fraction of sp³-hybridized carbons (Fsp3) is 0.600. The molecule has 1 aliphatic heterocycles. The van der Waals surface area contributed by atoms with E-state index in [1.807, 2.05) is 0 Å². The molecular formula is C15H23NO. The minimum Gasteiger partial charge on any atom is -0.379 e. The van der Waals surface area contributed by atoms with Gasteiger partial charge >= 0.3 is 0 Å². The van der Waals surface area contributed by atoms with Gasteiger partial charge in [-0.25, -0.2) is 0 Å². The topological polar surface area (TPSA) is 12.5 Å². The lowest BCUT2D eigenvalue weighted by Gasteiger charge is -2.26. The van der Waals surface area contributed by atoms with Gasteiger partial charge in [-0.2, -0.15) is 0 Å². The lowest BCUT2D eigenvalue weighted by molar-refractivity contribution is 0.0342. The van der Waals surface area contributed by atoms with Crippen LogP contribution in [-0.4, -0.2) is 31.2 Å². The summed E-state index contributed by atoms with van der Waals surface area (Å²) < 4.78 is 5.36. The normalized spacial score (nSPS) is 19.2. The molecule has 0 saturated carbocycles. The second-order valence-electron chi connectivity index (χ2n) is 4.94. The van der Waals surface area contributed by atoms with Crippen LogP contribution in [0.25, 0.3) is 0 Å². The molecule has 1 aromatic carbocycles. The fourth-order valence-electron chi connectivity index (χ4n) is 2.20. The summed E-state index contributed by atoms with van der Waals surface area (Å²) in [5.74, 6) is 0.674. The number of rotatable bonds is 4. The maximum absolute atomic E-state index is 5.36. The Kier molecular flexibility index (Phi) is 4.57. The van der Waals surface area contributed by atoms with E-state index in [2.05, 4.69) is 43.0 Å². The van der Waals surface area contributed by atoms with Crippen molar-refractivity contribution in [1.29, 1.82) is 0 Å². The molecule has 0 spiro atoms. The number of hydrogen-bond donors (Lipinski definition) is 0. The first kappa shape index (κ1) is 12.6. The molecule has 0 amide bonds. The van der Waals surface area contributed by atoms with Gasteiger partial charge in [0.15, 0.2) is 0 Å². The highest BCUT2D eigenvalue weighted by atomic mass is 16.5. The molecule has 1 unspecified atom stereocenters. The molecule has 1 fully saturated rings. The second-order valence-corrected chi connectivity index (χ2v) is 4.94. The lowest BCUT2D eigenvalue weighted by Crippen LogP contribution is -2.35. The minimum absolute atomic E-state index is 0.674. The molecule has 2 nitrogen and oxygen atoms in total. The first-order valence-electron chi connectivity index (χ1n) is 6.68. The van der Waals surface area contributed by atoms with Crippen LogP contribution >= 0.6 is 0 Å². The van der Waals surface area contributed by atoms with Crippen LogP contribution < -0.4 is 0 Å². The number of nitrogens with zero attached hydrogens (tertiary/aromatic N) is 1. The van der Waals surface area contributed by atoms with E-state index >= 15 is 0 Å². The van der Waals surface area contributed by atoms with Crippen molar-refractivity contribution in [3.05, 3.63) is 35.4 Å². The van der Waals surface area contributed by atoms with Gasteiger partial charge in [0, 0.05) is 19.6 Å². The van der Waals surface area contributed by atoms with E-state index in [1.165, 1.54) is 17.5 Å². The van der Waals surface area contributed by atoms with Crippen molar-refractivity contribution >= 4 is 0 Å². The molecule has 0 radical (unpaired) electrons. The van der Waals surface area contributed by atoms with Gasteiger partial charge in [-0.15, -0.1) is 0 Å². The quantitative estimate of drug-likeness (QED) is 0.792. The Morgan fingerprint density at radius 3 is 2.41 bits per heavy atom. The molecule has 1 aromatic rings. The highest BCUT2D eigenvalue weighted by Crippen LogP contribution is 2.19. The third kappa shape index (κ3) is 3.55. The maximum Gasteiger partial charge on any atom is 0.0594 e. The smallest absolute Gasteiger partial charge is 0.0594 e. The van der Waals surface area contributed by atoms with Crippen LogP contribution in [0, 0.1) is 0 Å². The van der Waals surface area contributed by atoms with Gasteiger partial charge in [-0.05, 0) is 23.5 Å². The van der Waals surface area contributed by atoms with Gasteiger partial charge in [-0.3, -0.25) is 4.90 Å². The average Bonchev–Trinajstić information content (AvgIpc) is 2.40. The third-order valence-corrected chi connectivity index (χ3v) is 3.67. The van der Waals surface area contributed by atoms with Crippen LogP contribution in [0.15, 0.2) is 24.3 Å². The van der Waals surface area contributed by atoms with Crippen molar-refractivity contribution in [3.63, 3.8) is 0 Å². The van der Waals surface area contributed by atoms with Gasteiger partial charge in [0.2, 0.25) is 0 Å². The zero-order valence-corrected chi connectivity index (χ0v) is 11.0. The molecule has 1 aliphatic rings. The molecule has 2 heteroatoms. The Balaban J connectivity index is 1.93. The lowest BCUT2D eigenvalue weighted by atomic mass is 9.97. The highest BCUT2D eigenvalue weighted by Gasteiger charge is 2.10. The first-order chi connectivity index (χ1) is 8.29. The zero-order valence-electron chi connectivity index (χ0n) is 11.0. The van der Waals surface area contributed by atoms with Crippen LogP contribution in [0.2, 0.25) is 0 Å². The molecule has 0 bridgehead atoms. The predicted molar refractivity (Wildman–Crippen MR) is 71.2 cm³/mol. The minimum atomic E-state index is 0.674. The molecule has 1 saturated heterocycles. The summed E-state index contributed by atoms with van der Waals surface area (Å²) >= 11 is 0. The van der Waals surface area contributed by atoms with Gasteiger partial charge < -0.3 is 4.74 Å². The van der Waals surface area contributed by atoms with E-state index < -0.39 is 0 Å². The molecule has 0 aromatic heterocycles. The SMILES string of the molecule is CCC(C)c1ccc(CN2CCOCC2)cc1. The predicted octanol–water partition coefficient (Wildman–Crippen LogP) is 3.03. The van der Waals surface area contributed by atoms with Crippen LogP contribution in [-0.2, 0) is 11.3 Å². The van der Waals surface area contributed by atoms with Crippen LogP contribution in [0.4, 0.5) is 0 Å². The molecule has 0 N–H and O–H groups in total. The maximum atomic E-state index is 5.36. The van der Waals surface area contributed by atoms with E-state index in [9.17, 15) is 0 Å². The number of morpholine rings is 1. The molecule has 94 valence electrons. The highest BCUT2D eigenvalue weighted by molar-refractivity contribution is 5.25. The summed E-state index contributed by atoms with van der Waals surface area (Å²) in [5, 5.41) is 0. The van der Waals surface area contributed by atoms with Crippen molar-refractivity contribution in [1.82, 2.24) is 4.90 Å². The van der Waals surface area contributed by atoms with Crippen molar-refractivity contribution in [3.8, 4) is 0 Å². The first-order valence-corrected chi connectivity index (χ1v) is 6.68. The number of benzene rings is 1. The third-order valence-electron chi connectivity index (χ3n) is 3.67. The van der Waals surface area contributed by atoms with Gasteiger partial charge in [-0.1, -0.05) is 38.1 Å². The molecule has 2 rings (SSSR count). The Labute approximate surface area is 105 Å². The van der Waals surface area contributed by atoms with Crippen LogP contribution in [0.5, 0.6) is 0 Å². The summed E-state index contributed by atoms with van der Waals surface area (Å²) in [6.07, 6.45) is 1.21. The Bertz CT molecular complexity index is 327. The van der Waals surface area contributed by atoms with Gasteiger partial charge in [0.1, 0.15) is 0 Å². The molecule has 0 aliphatic carbocycles. The summed E-state index contributed by atoms with van der Waals surface area (Å²) in [7, 11) is 0. The summed E-state index contributed by atoms with van der Waals surface area (Å²) in [6, 6.07) is 9.11. The molecular weight excluding hydrogens is 210 g/mol. The van der Waals surface area contributed by atoms with E-state index in [-0.39, 0.29) is 0 Å². The second kappa shape index (κ2) is 6.18. The van der Waals surface area contributed by atoms with E-state index in [0.29, 0.717) is 5.92 Å². The fourth-order valence-corrected chi connectivity index (χ4v) is 2.20. The number of hydrogen-bond acceptors (Lipinski definition) is 2. The molecule has 1 atom stereocenters. The van der Waals surface area contributed by atoms with Crippen molar-refractivity contribution in [2.45, 2.75) is 32.7 Å². The Morgan fingerprint density at radius 2 is 1.82 bits per heavy atom.